The van der Waals surface area contributed by atoms with Crippen LogP contribution in [0, 0.1) is 17.1 Å². The van der Waals surface area contributed by atoms with E-state index in [9.17, 15) is 37.9 Å². The lowest BCUT2D eigenvalue weighted by Crippen LogP contribution is -2.53. The van der Waals surface area contributed by atoms with Gasteiger partial charge in [-0.05, 0) is 43.2 Å². The molecule has 1 aromatic heterocycles. The lowest BCUT2D eigenvalue weighted by molar-refractivity contribution is -0.128. The fourth-order valence-corrected chi connectivity index (χ4v) is 5.70. The van der Waals surface area contributed by atoms with Gasteiger partial charge in [0.1, 0.15) is 35.8 Å². The number of halogens is 4. The van der Waals surface area contributed by atoms with Crippen molar-refractivity contribution in [2.75, 3.05) is 9.80 Å². The van der Waals surface area contributed by atoms with Crippen molar-refractivity contribution < 1.29 is 32.7 Å². The van der Waals surface area contributed by atoms with Crippen LogP contribution in [0.3, 0.4) is 0 Å². The number of nitriles is 1. The summed E-state index contributed by atoms with van der Waals surface area (Å²) < 4.78 is 42.3. The Morgan fingerprint density at radius 3 is 2.53 bits per heavy atom. The monoisotopic (exact) mass is 642 g/mol. The Morgan fingerprint density at radius 2 is 1.87 bits per heavy atom. The normalized spacial score (nSPS) is 20.1. The molecule has 0 unspecified atom stereocenters. The Bertz CT molecular complexity index is 1630. The summed E-state index contributed by atoms with van der Waals surface area (Å²) in [6, 6.07) is 10.4. The Labute approximate surface area is 262 Å². The van der Waals surface area contributed by atoms with E-state index in [0.29, 0.717) is 0 Å². The smallest absolute Gasteiger partial charge is 0.259 e. The Morgan fingerprint density at radius 1 is 1.16 bits per heavy atom. The van der Waals surface area contributed by atoms with Crippen LogP contribution in [0.5, 0.6) is 0 Å². The van der Waals surface area contributed by atoms with Crippen molar-refractivity contribution in [3.63, 3.8) is 0 Å². The number of anilines is 2. The van der Waals surface area contributed by atoms with E-state index in [-0.39, 0.29) is 48.2 Å². The van der Waals surface area contributed by atoms with Gasteiger partial charge in [-0.2, -0.15) is 5.26 Å². The van der Waals surface area contributed by atoms with Crippen molar-refractivity contribution in [1.29, 1.82) is 5.26 Å². The lowest BCUT2D eigenvalue weighted by Gasteiger charge is -2.36. The molecule has 236 valence electrons. The first-order chi connectivity index (χ1) is 21.0. The number of nitrogens with one attached hydrogen (secondary N) is 1. The van der Waals surface area contributed by atoms with Crippen molar-refractivity contribution >= 4 is 41.0 Å². The van der Waals surface area contributed by atoms with Crippen molar-refractivity contribution in [3.05, 3.63) is 82.9 Å². The number of hydrogen-bond acceptors (Lipinski definition) is 7. The fraction of sp³-hybridized carbons (Fsp3) is 0.355. The summed E-state index contributed by atoms with van der Waals surface area (Å²) in [5.41, 5.74) is -0.0425. The van der Waals surface area contributed by atoms with E-state index in [1.54, 1.807) is 12.1 Å². The van der Waals surface area contributed by atoms with Gasteiger partial charge in [-0.15, -0.1) is 0 Å². The predicted octanol–water partition coefficient (Wildman–Crippen LogP) is 4.71. The molecule has 3 amide bonds. The second-order valence-corrected chi connectivity index (χ2v) is 11.0. The van der Waals surface area contributed by atoms with Crippen molar-refractivity contribution in [2.24, 2.45) is 0 Å². The molecule has 1 aliphatic heterocycles. The Kier molecular flexibility index (Phi) is 10.1. The van der Waals surface area contributed by atoms with Crippen LogP contribution in [0.15, 0.2) is 60.8 Å². The van der Waals surface area contributed by atoms with Gasteiger partial charge < -0.3 is 10.4 Å². The molecule has 3 aromatic rings. The third kappa shape index (κ3) is 7.08. The topological polar surface area (TPSA) is 140 Å². The molecule has 1 aliphatic carbocycles. The molecule has 3 atom stereocenters. The zero-order valence-corrected chi connectivity index (χ0v) is 23.8. The van der Waals surface area contributed by atoms with Gasteiger partial charge in [-0.3, -0.25) is 24.2 Å². The molecule has 2 N–H and O–H groups in total. The summed E-state index contributed by atoms with van der Waals surface area (Å²) >= 11 is 6.53. The molecule has 2 heterocycles. The highest BCUT2D eigenvalue weighted by Gasteiger charge is 2.49. The molecule has 0 spiro atoms. The van der Waals surface area contributed by atoms with Gasteiger partial charge in [0.25, 0.3) is 11.8 Å². The van der Waals surface area contributed by atoms with Crippen LogP contribution in [0.25, 0.3) is 0 Å². The second kappa shape index (κ2) is 13.6. The van der Waals surface area contributed by atoms with Crippen LogP contribution < -0.4 is 15.1 Å². The molecule has 5 rings (SSSR count). The number of aliphatic hydroxyl groups excluding tert-OH is 1. The number of nitrogens with zero attached hydrogens (tertiary/aromatic N) is 5. The number of aromatic nitrogens is 2. The first kappa shape index (κ1) is 33.4. The maximum Gasteiger partial charge on any atom is 0.259 e. The van der Waals surface area contributed by atoms with Gasteiger partial charge in [0.2, 0.25) is 17.8 Å². The summed E-state index contributed by atoms with van der Waals surface area (Å²) in [7, 11) is 0. The number of carbonyl (C=O) groups excluding carboxylic acids is 3. The van der Waals surface area contributed by atoms with Crippen LogP contribution >= 0.6 is 11.6 Å². The van der Waals surface area contributed by atoms with Crippen LogP contribution in [-0.2, 0) is 14.4 Å². The lowest BCUT2D eigenvalue weighted by atomic mass is 9.91. The number of rotatable bonds is 7. The van der Waals surface area contributed by atoms with Crippen LogP contribution in [0.2, 0.25) is 5.02 Å². The minimum atomic E-state index is -2.85. The number of benzene rings is 2. The number of aliphatic hydroxyl groups is 1. The van der Waals surface area contributed by atoms with E-state index in [4.69, 9.17) is 11.6 Å². The third-order valence-corrected chi connectivity index (χ3v) is 7.98. The van der Waals surface area contributed by atoms with Gasteiger partial charge in [-0.25, -0.2) is 23.1 Å². The highest BCUT2D eigenvalue weighted by atomic mass is 35.5. The maximum absolute atomic E-state index is 14.6. The maximum atomic E-state index is 14.6. The van der Waals surface area contributed by atoms with Crippen molar-refractivity contribution in [2.45, 2.75) is 69.7 Å². The zero-order chi connectivity index (χ0) is 31.6. The summed E-state index contributed by atoms with van der Waals surface area (Å²) in [6.07, 6.45) is -1.75. The molecule has 14 heteroatoms. The molecule has 2 aromatic carbocycles. The molecular weight excluding hydrogens is 613 g/mol. The summed E-state index contributed by atoms with van der Waals surface area (Å²) in [4.78, 5) is 51.5. The van der Waals surface area contributed by atoms with Crippen LogP contribution in [0.4, 0.5) is 24.8 Å². The first-order valence-corrected chi connectivity index (χ1v) is 14.1. The van der Waals surface area contributed by atoms with Crippen LogP contribution in [-0.4, -0.2) is 56.9 Å². The minimum Gasteiger partial charge on any atom is -0.383 e. The summed E-state index contributed by atoms with van der Waals surface area (Å²) in [5.74, 6) is -6.52. The Balaban J connectivity index is 0.00000461. The Hall–Kier alpha value is -4.54. The van der Waals surface area contributed by atoms with E-state index in [0.717, 1.165) is 21.9 Å². The van der Waals surface area contributed by atoms with E-state index >= 15 is 0 Å². The molecule has 10 nitrogen and oxygen atoms in total. The van der Waals surface area contributed by atoms with Crippen molar-refractivity contribution in [3.8, 4) is 6.07 Å². The second-order valence-electron chi connectivity index (χ2n) is 10.6. The van der Waals surface area contributed by atoms with Crippen molar-refractivity contribution in [1.82, 2.24) is 15.3 Å². The van der Waals surface area contributed by atoms with Gasteiger partial charge in [0.05, 0.1) is 0 Å². The highest BCUT2D eigenvalue weighted by Crippen LogP contribution is 2.37. The molecule has 2 fully saturated rings. The van der Waals surface area contributed by atoms with Gasteiger partial charge in [-0.1, -0.05) is 43.3 Å². The molecule has 1 saturated carbocycles. The average Bonchev–Trinajstić information content (AvgIpc) is 3.30. The van der Waals surface area contributed by atoms with E-state index in [1.807, 2.05) is 6.07 Å². The van der Waals surface area contributed by atoms with E-state index < -0.39 is 73.0 Å². The predicted molar refractivity (Wildman–Crippen MR) is 159 cm³/mol. The number of hydrogen-bond donors (Lipinski definition) is 2. The number of carbonyl (C=O) groups is 3. The SMILES string of the molecule is C.N#Cc1ccnc(N2C(=O)[C@H](O)C[C@H]2C(=O)N(c2cccc(F)c2)[C@@H](C(=O)NC2CCC(F)(F)CC2)c2ccccc2Cl)n1. The first-order valence-electron chi connectivity index (χ1n) is 13.7. The molecule has 1 saturated heterocycles. The number of alkyl halides is 2. The number of amides is 3. The largest absolute Gasteiger partial charge is 0.383 e. The summed E-state index contributed by atoms with van der Waals surface area (Å²) in [6.45, 7) is 0. The average molecular weight is 643 g/mol. The molecule has 2 aliphatic rings. The highest BCUT2D eigenvalue weighted by molar-refractivity contribution is 6.31. The van der Waals surface area contributed by atoms with E-state index in [2.05, 4.69) is 15.3 Å². The van der Waals surface area contributed by atoms with Gasteiger partial charge in [0.15, 0.2) is 0 Å². The van der Waals surface area contributed by atoms with Gasteiger partial charge >= 0.3 is 0 Å². The summed E-state index contributed by atoms with van der Waals surface area (Å²) in [5, 5.41) is 22.7. The quantitative estimate of drug-likeness (QED) is 0.380. The fourth-order valence-electron chi connectivity index (χ4n) is 5.46. The van der Waals surface area contributed by atoms with Crippen LogP contribution in [0.1, 0.15) is 56.8 Å². The minimum absolute atomic E-state index is 0. The standard InChI is InChI=1S/C30H26ClF3N6O4.CH4/c31-22-7-2-1-6-21(22)25(26(42)37-18-8-11-30(33,34)12-9-18)39(20-5-3-4-17(32)14-20)27(43)23-15-24(41)28(44)40(23)29-36-13-10-19(16-35)38-29;/h1-7,10,13-14,18,23-25,41H,8-9,11-12,15H2,(H,37,42);1H4/t23-,24+,25+;/m0./s1. The molecular formula is C31H30ClF3N6O4. The van der Waals surface area contributed by atoms with Gasteiger partial charge in [0, 0.05) is 47.8 Å². The molecule has 0 bridgehead atoms. The zero-order valence-electron chi connectivity index (χ0n) is 23.0. The molecule has 0 radical (unpaired) electrons. The molecule has 45 heavy (non-hydrogen) atoms. The van der Waals surface area contributed by atoms with E-state index in [1.165, 1.54) is 36.5 Å². The third-order valence-electron chi connectivity index (χ3n) is 7.63.